The Bertz CT molecular complexity index is 521. The van der Waals surface area contributed by atoms with Gasteiger partial charge in [0.15, 0.2) is 0 Å². The van der Waals surface area contributed by atoms with Crippen molar-refractivity contribution in [2.45, 2.75) is 56.3 Å². The Morgan fingerprint density at radius 1 is 1.13 bits per heavy atom. The number of benzene rings is 1. The molecule has 0 bridgehead atoms. The van der Waals surface area contributed by atoms with Crippen LogP contribution in [0.2, 0.25) is 0 Å². The van der Waals surface area contributed by atoms with E-state index < -0.39 is 11.7 Å². The van der Waals surface area contributed by atoms with Crippen LogP contribution in [-0.2, 0) is 6.18 Å². The number of rotatable bonds is 3. The number of alkyl halides is 3. The number of likely N-dealkylation sites (tertiary alicyclic amines) is 1. The third-order valence-electron chi connectivity index (χ3n) is 5.48. The van der Waals surface area contributed by atoms with Gasteiger partial charge in [0, 0.05) is 12.1 Å². The normalized spacial score (nSPS) is 29.8. The van der Waals surface area contributed by atoms with Gasteiger partial charge in [0.25, 0.3) is 0 Å². The highest BCUT2D eigenvalue weighted by atomic mass is 19.4. The van der Waals surface area contributed by atoms with Crippen LogP contribution in [0.15, 0.2) is 24.3 Å². The van der Waals surface area contributed by atoms with E-state index in [0.717, 1.165) is 37.9 Å². The summed E-state index contributed by atoms with van der Waals surface area (Å²) in [4.78, 5) is 2.53. The number of nitrogens with one attached hydrogen (secondary N) is 1. The third-order valence-corrected chi connectivity index (χ3v) is 5.48. The summed E-state index contributed by atoms with van der Waals surface area (Å²) in [5.74, 6) is 0.229. The quantitative estimate of drug-likeness (QED) is 0.902. The maximum absolute atomic E-state index is 13.0. The Kier molecular flexibility index (Phi) is 4.97. The molecule has 1 aliphatic heterocycles. The molecule has 1 aromatic rings. The minimum atomic E-state index is -4.26. The highest BCUT2D eigenvalue weighted by Crippen LogP contribution is 2.38. The van der Waals surface area contributed by atoms with Crippen LogP contribution >= 0.6 is 0 Å². The van der Waals surface area contributed by atoms with Gasteiger partial charge in [-0.1, -0.05) is 18.2 Å². The van der Waals surface area contributed by atoms with Crippen molar-refractivity contribution in [2.75, 3.05) is 20.1 Å². The van der Waals surface area contributed by atoms with Crippen molar-refractivity contribution in [1.82, 2.24) is 10.2 Å². The molecule has 0 aromatic heterocycles. The first kappa shape index (κ1) is 16.8. The number of nitrogens with zero attached hydrogens (tertiary/aromatic N) is 1. The molecule has 0 amide bonds. The molecule has 5 heteroatoms. The van der Waals surface area contributed by atoms with Crippen LogP contribution in [0.5, 0.6) is 0 Å². The smallest absolute Gasteiger partial charge is 0.315 e. The lowest BCUT2D eigenvalue weighted by Gasteiger charge is -2.41. The molecule has 23 heavy (non-hydrogen) atoms. The SMILES string of the molecule is CN[C@H]1CC[C@H](c2cccc(C(F)(F)F)c2)C[C@@H]1N1CCCC1. The average molecular weight is 326 g/mol. The summed E-state index contributed by atoms with van der Waals surface area (Å²) in [5.41, 5.74) is 0.321. The molecule has 1 N–H and O–H groups in total. The highest BCUT2D eigenvalue weighted by Gasteiger charge is 2.36. The number of halogens is 3. The van der Waals surface area contributed by atoms with Crippen LogP contribution in [0, 0.1) is 0 Å². The van der Waals surface area contributed by atoms with Gasteiger partial charge in [0.1, 0.15) is 0 Å². The standard InChI is InChI=1S/C18H25F3N2/c1-22-16-8-7-14(12-17(16)23-9-2-3-10-23)13-5-4-6-15(11-13)18(19,20)21/h4-6,11,14,16-17,22H,2-3,7-10,12H2,1H3/t14-,16-,17-/m0/s1. The summed E-state index contributed by atoms with van der Waals surface area (Å²) in [6.07, 6.45) is 1.15. The van der Waals surface area contributed by atoms with Crippen molar-refractivity contribution >= 4 is 0 Å². The molecule has 2 fully saturated rings. The summed E-state index contributed by atoms with van der Waals surface area (Å²) in [6, 6.07) is 6.82. The first-order valence-electron chi connectivity index (χ1n) is 8.57. The fourth-order valence-corrected chi connectivity index (χ4v) is 4.23. The predicted molar refractivity (Wildman–Crippen MR) is 85.5 cm³/mol. The molecule has 1 saturated heterocycles. The van der Waals surface area contributed by atoms with Gasteiger partial charge in [-0.3, -0.25) is 4.90 Å². The second-order valence-corrected chi connectivity index (χ2v) is 6.84. The van der Waals surface area contributed by atoms with Gasteiger partial charge in [0.05, 0.1) is 5.56 Å². The summed E-state index contributed by atoms with van der Waals surface area (Å²) in [5, 5.41) is 3.42. The number of likely N-dealkylation sites (N-methyl/N-ethyl adjacent to an activating group) is 1. The highest BCUT2D eigenvalue weighted by molar-refractivity contribution is 5.29. The lowest BCUT2D eigenvalue weighted by molar-refractivity contribution is -0.137. The molecular formula is C18H25F3N2. The maximum atomic E-state index is 13.0. The molecule has 2 nitrogen and oxygen atoms in total. The van der Waals surface area contributed by atoms with Crippen molar-refractivity contribution in [3.05, 3.63) is 35.4 Å². The molecule has 3 rings (SSSR count). The van der Waals surface area contributed by atoms with E-state index in [4.69, 9.17) is 0 Å². The number of hydrogen-bond donors (Lipinski definition) is 1. The van der Waals surface area contributed by atoms with Crippen LogP contribution in [0.3, 0.4) is 0 Å². The van der Waals surface area contributed by atoms with E-state index in [1.54, 1.807) is 6.07 Å². The Labute approximate surface area is 136 Å². The first-order valence-corrected chi connectivity index (χ1v) is 8.57. The molecular weight excluding hydrogens is 301 g/mol. The van der Waals surface area contributed by atoms with Crippen molar-refractivity contribution < 1.29 is 13.2 Å². The van der Waals surface area contributed by atoms with E-state index in [-0.39, 0.29) is 5.92 Å². The minimum Gasteiger partial charge on any atom is -0.315 e. The topological polar surface area (TPSA) is 15.3 Å². The predicted octanol–water partition coefficient (Wildman–Crippen LogP) is 4.03. The van der Waals surface area contributed by atoms with E-state index in [1.165, 1.54) is 25.0 Å². The van der Waals surface area contributed by atoms with Crippen LogP contribution in [-0.4, -0.2) is 37.1 Å². The minimum absolute atomic E-state index is 0.229. The Morgan fingerprint density at radius 2 is 1.87 bits per heavy atom. The Balaban J connectivity index is 1.78. The molecule has 1 aliphatic carbocycles. The number of hydrogen-bond acceptors (Lipinski definition) is 2. The molecule has 2 aliphatic rings. The molecule has 1 saturated carbocycles. The Morgan fingerprint density at radius 3 is 2.52 bits per heavy atom. The molecule has 128 valence electrons. The second kappa shape index (κ2) is 6.81. The van der Waals surface area contributed by atoms with Crippen LogP contribution < -0.4 is 5.32 Å². The maximum Gasteiger partial charge on any atom is 0.416 e. The fourth-order valence-electron chi connectivity index (χ4n) is 4.23. The van der Waals surface area contributed by atoms with Gasteiger partial charge in [-0.15, -0.1) is 0 Å². The van der Waals surface area contributed by atoms with Gasteiger partial charge in [0.2, 0.25) is 0 Å². The van der Waals surface area contributed by atoms with E-state index in [9.17, 15) is 13.2 Å². The van der Waals surface area contributed by atoms with Crippen LogP contribution in [0.25, 0.3) is 0 Å². The van der Waals surface area contributed by atoms with E-state index >= 15 is 0 Å². The van der Waals surface area contributed by atoms with Crippen molar-refractivity contribution in [2.24, 2.45) is 0 Å². The van der Waals surface area contributed by atoms with Gasteiger partial charge < -0.3 is 5.32 Å². The van der Waals surface area contributed by atoms with Gasteiger partial charge in [-0.2, -0.15) is 13.2 Å². The van der Waals surface area contributed by atoms with E-state index in [0.29, 0.717) is 12.1 Å². The van der Waals surface area contributed by atoms with Crippen LogP contribution in [0.4, 0.5) is 13.2 Å². The Hall–Kier alpha value is -1.07. The monoisotopic (exact) mass is 326 g/mol. The molecule has 1 heterocycles. The summed E-state index contributed by atoms with van der Waals surface area (Å²) in [6.45, 7) is 2.25. The van der Waals surface area contributed by atoms with E-state index in [2.05, 4.69) is 10.2 Å². The lowest BCUT2D eigenvalue weighted by atomic mass is 9.78. The van der Waals surface area contributed by atoms with E-state index in [1.807, 2.05) is 13.1 Å². The van der Waals surface area contributed by atoms with Gasteiger partial charge in [-0.25, -0.2) is 0 Å². The average Bonchev–Trinajstić information content (AvgIpc) is 3.08. The molecule has 0 radical (unpaired) electrons. The first-order chi connectivity index (χ1) is 11.0. The zero-order chi connectivity index (χ0) is 16.4. The summed E-state index contributed by atoms with van der Waals surface area (Å²) < 4.78 is 38.9. The van der Waals surface area contributed by atoms with Gasteiger partial charge >= 0.3 is 6.18 Å². The fraction of sp³-hybridized carbons (Fsp3) is 0.667. The largest absolute Gasteiger partial charge is 0.416 e. The third kappa shape index (κ3) is 3.72. The van der Waals surface area contributed by atoms with Crippen molar-refractivity contribution in [3.8, 4) is 0 Å². The van der Waals surface area contributed by atoms with Crippen molar-refractivity contribution in [1.29, 1.82) is 0 Å². The van der Waals surface area contributed by atoms with Gasteiger partial charge in [-0.05, 0) is 69.8 Å². The molecule has 1 aromatic carbocycles. The zero-order valence-electron chi connectivity index (χ0n) is 13.6. The lowest BCUT2D eigenvalue weighted by Crippen LogP contribution is -2.51. The van der Waals surface area contributed by atoms with Crippen molar-refractivity contribution in [3.63, 3.8) is 0 Å². The zero-order valence-corrected chi connectivity index (χ0v) is 13.6. The van der Waals surface area contributed by atoms with Crippen LogP contribution in [0.1, 0.15) is 49.1 Å². The second-order valence-electron chi connectivity index (χ2n) is 6.84. The summed E-state index contributed by atoms with van der Waals surface area (Å²) in [7, 11) is 2.00. The molecule has 0 unspecified atom stereocenters. The summed E-state index contributed by atoms with van der Waals surface area (Å²) >= 11 is 0. The molecule has 0 spiro atoms. The molecule has 3 atom stereocenters.